The molecule has 1 aromatic carbocycles. The van der Waals surface area contributed by atoms with Crippen LogP contribution < -0.4 is 5.32 Å². The summed E-state index contributed by atoms with van der Waals surface area (Å²) in [6.07, 6.45) is 0. The van der Waals surface area contributed by atoms with Crippen LogP contribution in [0.5, 0.6) is 0 Å². The monoisotopic (exact) mass is 284 g/mol. The fraction of sp³-hybridized carbons (Fsp3) is 0.250. The summed E-state index contributed by atoms with van der Waals surface area (Å²) in [6.45, 7) is 6.10. The lowest BCUT2D eigenvalue weighted by Gasteiger charge is -2.07. The zero-order valence-electron chi connectivity index (χ0n) is 12.3. The maximum atomic E-state index is 13.6. The molecule has 0 saturated heterocycles. The lowest BCUT2D eigenvalue weighted by atomic mass is 10.1. The van der Waals surface area contributed by atoms with E-state index < -0.39 is 0 Å². The van der Waals surface area contributed by atoms with Crippen LogP contribution in [-0.4, -0.2) is 14.6 Å². The molecule has 0 aliphatic carbocycles. The Balaban J connectivity index is 1.82. The van der Waals surface area contributed by atoms with Crippen molar-refractivity contribution < 1.29 is 4.39 Å². The molecular formula is C16H17FN4. The zero-order valence-corrected chi connectivity index (χ0v) is 12.3. The van der Waals surface area contributed by atoms with E-state index in [1.165, 1.54) is 0 Å². The molecule has 0 unspecified atom stereocenters. The van der Waals surface area contributed by atoms with Crippen molar-refractivity contribution in [2.45, 2.75) is 27.3 Å². The Hall–Kier alpha value is -2.43. The van der Waals surface area contributed by atoms with Crippen molar-refractivity contribution in [2.24, 2.45) is 0 Å². The quantitative estimate of drug-likeness (QED) is 0.801. The van der Waals surface area contributed by atoms with E-state index in [9.17, 15) is 4.39 Å². The normalized spacial score (nSPS) is 11.0. The van der Waals surface area contributed by atoms with Gasteiger partial charge >= 0.3 is 0 Å². The number of hydrogen-bond donors (Lipinski definition) is 1. The van der Waals surface area contributed by atoms with E-state index in [2.05, 4.69) is 15.4 Å². The number of benzene rings is 1. The second-order valence-corrected chi connectivity index (χ2v) is 5.27. The molecule has 0 spiro atoms. The first-order valence-corrected chi connectivity index (χ1v) is 6.86. The third-order valence-electron chi connectivity index (χ3n) is 3.50. The van der Waals surface area contributed by atoms with Crippen LogP contribution in [0.15, 0.2) is 30.3 Å². The van der Waals surface area contributed by atoms with Crippen LogP contribution in [0, 0.1) is 26.6 Å². The van der Waals surface area contributed by atoms with Crippen molar-refractivity contribution >= 4 is 11.6 Å². The molecule has 0 atom stereocenters. The highest BCUT2D eigenvalue weighted by molar-refractivity contribution is 5.45. The van der Waals surface area contributed by atoms with Gasteiger partial charge in [-0.3, -0.25) is 0 Å². The molecule has 0 amide bonds. The van der Waals surface area contributed by atoms with Crippen molar-refractivity contribution in [2.75, 3.05) is 5.32 Å². The maximum absolute atomic E-state index is 13.6. The van der Waals surface area contributed by atoms with E-state index in [4.69, 9.17) is 0 Å². The Morgan fingerprint density at radius 3 is 2.52 bits per heavy atom. The summed E-state index contributed by atoms with van der Waals surface area (Å²) >= 11 is 0. The first kappa shape index (κ1) is 13.5. The van der Waals surface area contributed by atoms with Crippen LogP contribution in [-0.2, 0) is 6.54 Å². The van der Waals surface area contributed by atoms with E-state index in [-0.39, 0.29) is 5.82 Å². The van der Waals surface area contributed by atoms with Crippen LogP contribution in [0.1, 0.15) is 22.4 Å². The second-order valence-electron chi connectivity index (χ2n) is 5.27. The van der Waals surface area contributed by atoms with E-state index in [0.29, 0.717) is 23.6 Å². The summed E-state index contributed by atoms with van der Waals surface area (Å²) in [5, 5.41) is 7.60. The molecule has 3 aromatic rings. The standard InChI is InChI=1S/C16H17FN4/c1-10-7-13(8-11(2)15(10)17)9-18-16-19-14-6-4-5-12(3)21(14)20-16/h4-8H,9H2,1-3H3,(H,18,20). The van der Waals surface area contributed by atoms with E-state index in [0.717, 1.165) is 16.9 Å². The molecule has 3 rings (SSSR count). The Labute approximate surface area is 122 Å². The van der Waals surface area contributed by atoms with Gasteiger partial charge in [0.15, 0.2) is 5.65 Å². The van der Waals surface area contributed by atoms with Gasteiger partial charge in [0, 0.05) is 12.2 Å². The maximum Gasteiger partial charge on any atom is 0.243 e. The number of halogens is 1. The van der Waals surface area contributed by atoms with Crippen molar-refractivity contribution in [1.82, 2.24) is 14.6 Å². The van der Waals surface area contributed by atoms with Gasteiger partial charge in [0.2, 0.25) is 5.95 Å². The van der Waals surface area contributed by atoms with Crippen LogP contribution in [0.3, 0.4) is 0 Å². The molecule has 0 saturated carbocycles. The van der Waals surface area contributed by atoms with Gasteiger partial charge in [-0.15, -0.1) is 5.10 Å². The smallest absolute Gasteiger partial charge is 0.243 e. The predicted molar refractivity (Wildman–Crippen MR) is 80.9 cm³/mol. The van der Waals surface area contributed by atoms with Gasteiger partial charge < -0.3 is 5.32 Å². The van der Waals surface area contributed by atoms with Gasteiger partial charge in [-0.25, -0.2) is 8.91 Å². The molecular weight excluding hydrogens is 267 g/mol. The molecule has 0 bridgehead atoms. The minimum atomic E-state index is -0.139. The van der Waals surface area contributed by atoms with Crippen molar-refractivity contribution in [3.05, 3.63) is 58.5 Å². The van der Waals surface area contributed by atoms with Crippen molar-refractivity contribution in [3.63, 3.8) is 0 Å². The number of aryl methyl sites for hydroxylation is 3. The molecule has 1 N–H and O–H groups in total. The summed E-state index contributed by atoms with van der Waals surface area (Å²) in [7, 11) is 0. The molecule has 0 aliphatic rings. The van der Waals surface area contributed by atoms with Gasteiger partial charge in [0.25, 0.3) is 0 Å². The number of nitrogens with one attached hydrogen (secondary N) is 1. The molecule has 21 heavy (non-hydrogen) atoms. The first-order valence-electron chi connectivity index (χ1n) is 6.86. The molecule has 5 heteroatoms. The summed E-state index contributed by atoms with van der Waals surface area (Å²) < 4.78 is 15.4. The lowest BCUT2D eigenvalue weighted by Crippen LogP contribution is -2.03. The summed E-state index contributed by atoms with van der Waals surface area (Å²) in [6, 6.07) is 9.54. The first-order chi connectivity index (χ1) is 10.0. The van der Waals surface area contributed by atoms with E-state index >= 15 is 0 Å². The van der Waals surface area contributed by atoms with Crippen LogP contribution in [0.2, 0.25) is 0 Å². The fourth-order valence-corrected chi connectivity index (χ4v) is 2.43. The topological polar surface area (TPSA) is 42.2 Å². The molecule has 2 aromatic heterocycles. The third-order valence-corrected chi connectivity index (χ3v) is 3.50. The van der Waals surface area contributed by atoms with Crippen LogP contribution in [0.25, 0.3) is 5.65 Å². The zero-order chi connectivity index (χ0) is 15.0. The molecule has 4 nitrogen and oxygen atoms in total. The van der Waals surface area contributed by atoms with Crippen molar-refractivity contribution in [1.29, 1.82) is 0 Å². The highest BCUT2D eigenvalue weighted by atomic mass is 19.1. The summed E-state index contributed by atoms with van der Waals surface area (Å²) in [5.74, 6) is 0.434. The number of fused-ring (bicyclic) bond motifs is 1. The Bertz CT molecular complexity index is 784. The number of hydrogen-bond acceptors (Lipinski definition) is 3. The average Bonchev–Trinajstić information content (AvgIpc) is 2.87. The third kappa shape index (κ3) is 2.59. The van der Waals surface area contributed by atoms with Gasteiger partial charge in [0.05, 0.1) is 0 Å². The minimum absolute atomic E-state index is 0.139. The summed E-state index contributed by atoms with van der Waals surface area (Å²) in [4.78, 5) is 4.42. The number of nitrogens with zero attached hydrogens (tertiary/aromatic N) is 3. The molecule has 0 radical (unpaired) electrons. The average molecular weight is 284 g/mol. The van der Waals surface area contributed by atoms with E-state index in [1.54, 1.807) is 18.4 Å². The molecule has 0 aliphatic heterocycles. The van der Waals surface area contributed by atoms with Crippen LogP contribution in [0.4, 0.5) is 10.3 Å². The Kier molecular flexibility index (Phi) is 3.33. The predicted octanol–water partition coefficient (Wildman–Crippen LogP) is 3.41. The number of pyridine rings is 1. The molecule has 2 heterocycles. The SMILES string of the molecule is Cc1cc(CNc2nc3cccc(C)n3n2)cc(C)c1F. The lowest BCUT2D eigenvalue weighted by molar-refractivity contribution is 0.608. The Morgan fingerprint density at radius 1 is 1.14 bits per heavy atom. The molecule has 0 fully saturated rings. The van der Waals surface area contributed by atoms with Gasteiger partial charge in [-0.05, 0) is 49.6 Å². The highest BCUT2D eigenvalue weighted by Crippen LogP contribution is 2.16. The van der Waals surface area contributed by atoms with Gasteiger partial charge in [0.1, 0.15) is 5.82 Å². The van der Waals surface area contributed by atoms with Gasteiger partial charge in [-0.2, -0.15) is 4.98 Å². The van der Waals surface area contributed by atoms with Gasteiger partial charge in [-0.1, -0.05) is 18.2 Å². The number of rotatable bonds is 3. The number of anilines is 1. The summed E-state index contributed by atoms with van der Waals surface area (Å²) in [5.41, 5.74) is 4.17. The largest absolute Gasteiger partial charge is 0.349 e. The fourth-order valence-electron chi connectivity index (χ4n) is 2.43. The second kappa shape index (κ2) is 5.16. The minimum Gasteiger partial charge on any atom is -0.349 e. The van der Waals surface area contributed by atoms with Crippen molar-refractivity contribution in [3.8, 4) is 0 Å². The molecule has 108 valence electrons. The number of aromatic nitrogens is 3. The Morgan fingerprint density at radius 2 is 1.86 bits per heavy atom. The highest BCUT2D eigenvalue weighted by Gasteiger charge is 2.07. The van der Waals surface area contributed by atoms with E-state index in [1.807, 2.05) is 37.3 Å². The van der Waals surface area contributed by atoms with Crippen LogP contribution >= 0.6 is 0 Å².